The fourth-order valence-electron chi connectivity index (χ4n) is 0.860. The molecule has 82 valence electrons. The Hall–Kier alpha value is -0.120. The van der Waals surface area contributed by atoms with Crippen LogP contribution < -0.4 is 17.2 Å². The molecule has 0 rings (SSSR count). The molecule has 6 N–H and O–H groups in total. The van der Waals surface area contributed by atoms with Crippen molar-refractivity contribution >= 4 is 0 Å². The van der Waals surface area contributed by atoms with Gasteiger partial charge in [-0.25, -0.2) is 0 Å². The van der Waals surface area contributed by atoms with Crippen LogP contribution in [0.15, 0.2) is 0 Å². The van der Waals surface area contributed by atoms with Crippen LogP contribution in [0.2, 0.25) is 0 Å². The number of rotatable bonds is 7. The molecule has 0 aromatic carbocycles. The van der Waals surface area contributed by atoms with Crippen LogP contribution in [0.1, 0.15) is 45.4 Å². The minimum atomic E-state index is 0.806. The van der Waals surface area contributed by atoms with Gasteiger partial charge in [-0.15, -0.1) is 0 Å². The van der Waals surface area contributed by atoms with E-state index in [0.29, 0.717) is 0 Å². The van der Waals surface area contributed by atoms with E-state index >= 15 is 0 Å². The highest BCUT2D eigenvalue weighted by molar-refractivity contribution is 4.41. The molecular weight excluding hydrogens is 162 g/mol. The first-order valence-corrected chi connectivity index (χ1v) is 5.43. The molecule has 0 saturated heterocycles. The van der Waals surface area contributed by atoms with Gasteiger partial charge in [0.1, 0.15) is 0 Å². The summed E-state index contributed by atoms with van der Waals surface area (Å²) in [6, 6.07) is 0. The van der Waals surface area contributed by atoms with Crippen LogP contribution in [-0.4, -0.2) is 19.6 Å². The minimum Gasteiger partial charge on any atom is -0.330 e. The van der Waals surface area contributed by atoms with E-state index in [4.69, 9.17) is 17.2 Å². The fourth-order valence-corrected chi connectivity index (χ4v) is 0.860. The van der Waals surface area contributed by atoms with Crippen LogP contribution >= 0.6 is 0 Å². The molecule has 0 aliphatic heterocycles. The monoisotopic (exact) mass is 189 g/mol. The molecule has 0 saturated carbocycles. The molecule has 0 aromatic heterocycles. The Bertz CT molecular complexity index is 59.2. The summed E-state index contributed by atoms with van der Waals surface area (Å²) in [7, 11) is 0. The molecule has 0 spiro atoms. The average Bonchev–Trinajstić information content (AvgIpc) is 2.17. The largest absolute Gasteiger partial charge is 0.330 e. The molecule has 13 heavy (non-hydrogen) atoms. The molecule has 0 bridgehead atoms. The summed E-state index contributed by atoms with van der Waals surface area (Å²) in [6.45, 7) is 4.64. The average molecular weight is 189 g/mol. The molecule has 0 aliphatic carbocycles. The van der Waals surface area contributed by atoms with Gasteiger partial charge in [0.05, 0.1) is 0 Å². The fraction of sp³-hybridized carbons (Fsp3) is 1.00. The third-order valence-electron chi connectivity index (χ3n) is 1.72. The van der Waals surface area contributed by atoms with Gasteiger partial charge in [-0.3, -0.25) is 0 Å². The highest BCUT2D eigenvalue weighted by atomic mass is 14.5. The first-order valence-electron chi connectivity index (χ1n) is 5.43. The van der Waals surface area contributed by atoms with Gasteiger partial charge in [0, 0.05) is 0 Å². The van der Waals surface area contributed by atoms with Gasteiger partial charge in [0.15, 0.2) is 0 Å². The lowest BCUT2D eigenvalue weighted by molar-refractivity contribution is 0.695. The predicted molar refractivity (Wildman–Crippen MR) is 60.5 cm³/mol. The molecular formula is C10H27N3. The van der Waals surface area contributed by atoms with Crippen LogP contribution in [0.25, 0.3) is 0 Å². The van der Waals surface area contributed by atoms with Gasteiger partial charge in [0.2, 0.25) is 0 Å². The zero-order chi connectivity index (χ0) is 10.4. The molecule has 0 aromatic rings. The van der Waals surface area contributed by atoms with Gasteiger partial charge in [0.25, 0.3) is 0 Å². The highest BCUT2D eigenvalue weighted by Gasteiger charge is 1.80. The van der Waals surface area contributed by atoms with E-state index in [-0.39, 0.29) is 0 Å². The van der Waals surface area contributed by atoms with Gasteiger partial charge < -0.3 is 17.2 Å². The molecule has 0 unspecified atom stereocenters. The van der Waals surface area contributed by atoms with Crippen molar-refractivity contribution in [2.45, 2.75) is 45.4 Å². The van der Waals surface area contributed by atoms with Gasteiger partial charge >= 0.3 is 0 Å². The summed E-state index contributed by atoms with van der Waals surface area (Å²) in [6.07, 6.45) is 7.19. The summed E-state index contributed by atoms with van der Waals surface area (Å²) in [5.41, 5.74) is 15.7. The highest BCUT2D eigenvalue weighted by Crippen LogP contribution is 1.88. The molecule has 0 heterocycles. The second-order valence-corrected chi connectivity index (χ2v) is 3.13. The lowest BCUT2D eigenvalue weighted by atomic mass is 10.2. The van der Waals surface area contributed by atoms with Crippen molar-refractivity contribution in [1.29, 1.82) is 0 Å². The third-order valence-corrected chi connectivity index (χ3v) is 1.72. The molecule has 3 heteroatoms. The summed E-state index contributed by atoms with van der Waals surface area (Å²) in [5.74, 6) is 0. The summed E-state index contributed by atoms with van der Waals surface area (Å²) < 4.78 is 0. The van der Waals surface area contributed by atoms with E-state index in [9.17, 15) is 0 Å². The van der Waals surface area contributed by atoms with Crippen molar-refractivity contribution in [2.75, 3.05) is 19.6 Å². The van der Waals surface area contributed by atoms with E-state index in [1.165, 1.54) is 25.7 Å². The molecule has 0 aliphatic rings. The van der Waals surface area contributed by atoms with E-state index in [1.807, 2.05) is 0 Å². The lowest BCUT2D eigenvalue weighted by Crippen LogP contribution is -2.02. The van der Waals surface area contributed by atoms with Crippen LogP contribution in [0.3, 0.4) is 0 Å². The van der Waals surface area contributed by atoms with Gasteiger partial charge in [-0.1, -0.05) is 26.2 Å². The Morgan fingerprint density at radius 1 is 0.615 bits per heavy atom. The van der Waals surface area contributed by atoms with Crippen molar-refractivity contribution in [3.05, 3.63) is 0 Å². The topological polar surface area (TPSA) is 78.1 Å². The van der Waals surface area contributed by atoms with E-state index < -0.39 is 0 Å². The van der Waals surface area contributed by atoms with Gasteiger partial charge in [-0.05, 0) is 38.9 Å². The minimum absolute atomic E-state index is 0.806. The quantitative estimate of drug-likeness (QED) is 0.527. The van der Waals surface area contributed by atoms with Crippen molar-refractivity contribution < 1.29 is 0 Å². The number of hydrogen-bond acceptors (Lipinski definition) is 3. The summed E-state index contributed by atoms with van der Waals surface area (Å²) >= 11 is 0. The molecule has 3 nitrogen and oxygen atoms in total. The molecule has 0 fully saturated rings. The normalized spacial score (nSPS) is 9.23. The van der Waals surface area contributed by atoms with Crippen LogP contribution in [0.5, 0.6) is 0 Å². The van der Waals surface area contributed by atoms with Crippen LogP contribution in [0.4, 0.5) is 0 Å². The zero-order valence-electron chi connectivity index (χ0n) is 9.10. The standard InChI is InChI=1S/C5H14N2.C5H13N/c6-4-2-1-3-5-7;1-2-3-4-5-6/h1-7H2;2-6H2,1H3. The number of unbranched alkanes of at least 4 members (excludes halogenated alkanes) is 4. The Kier molecular flexibility index (Phi) is 21.1. The van der Waals surface area contributed by atoms with Crippen LogP contribution in [-0.2, 0) is 0 Å². The lowest BCUT2D eigenvalue weighted by Gasteiger charge is -1.91. The zero-order valence-corrected chi connectivity index (χ0v) is 9.10. The maximum atomic E-state index is 5.23. The van der Waals surface area contributed by atoms with Crippen molar-refractivity contribution in [3.63, 3.8) is 0 Å². The first kappa shape index (κ1) is 15.4. The molecule has 0 amide bonds. The SMILES string of the molecule is CCCCCN.NCCCCCN. The Labute approximate surface area is 83.0 Å². The van der Waals surface area contributed by atoms with Crippen molar-refractivity contribution in [2.24, 2.45) is 17.2 Å². The van der Waals surface area contributed by atoms with Crippen molar-refractivity contribution in [3.8, 4) is 0 Å². The Balaban J connectivity index is 0. The van der Waals surface area contributed by atoms with E-state index in [0.717, 1.165) is 32.5 Å². The van der Waals surface area contributed by atoms with Crippen LogP contribution in [0, 0.1) is 0 Å². The Morgan fingerprint density at radius 2 is 1.00 bits per heavy atom. The number of nitrogens with two attached hydrogens (primary N) is 3. The molecule has 0 atom stereocenters. The predicted octanol–water partition coefficient (Wildman–Crippen LogP) is 1.21. The maximum absolute atomic E-state index is 5.23. The van der Waals surface area contributed by atoms with E-state index in [2.05, 4.69) is 6.92 Å². The third kappa shape index (κ3) is 24.5. The van der Waals surface area contributed by atoms with Gasteiger partial charge in [-0.2, -0.15) is 0 Å². The second kappa shape index (κ2) is 17.8. The second-order valence-electron chi connectivity index (χ2n) is 3.13. The maximum Gasteiger partial charge on any atom is -0.00773 e. The molecule has 0 radical (unpaired) electrons. The van der Waals surface area contributed by atoms with Crippen molar-refractivity contribution in [1.82, 2.24) is 0 Å². The Morgan fingerprint density at radius 3 is 1.23 bits per heavy atom. The smallest absolute Gasteiger partial charge is 0.00773 e. The summed E-state index contributed by atoms with van der Waals surface area (Å²) in [5, 5.41) is 0. The number of hydrogen-bond donors (Lipinski definition) is 3. The first-order chi connectivity index (χ1) is 6.33. The van der Waals surface area contributed by atoms with E-state index in [1.54, 1.807) is 0 Å². The summed E-state index contributed by atoms with van der Waals surface area (Å²) in [4.78, 5) is 0.